The van der Waals surface area contributed by atoms with Crippen LogP contribution >= 0.6 is 0 Å². The normalized spacial score (nSPS) is 25.8. The van der Waals surface area contributed by atoms with E-state index in [2.05, 4.69) is 4.90 Å². The van der Waals surface area contributed by atoms with Gasteiger partial charge in [-0.05, 0) is 33.6 Å². The van der Waals surface area contributed by atoms with Crippen molar-refractivity contribution in [1.82, 2.24) is 9.80 Å². The number of aldehydes is 1. The van der Waals surface area contributed by atoms with E-state index < -0.39 is 5.60 Å². The predicted octanol–water partition coefficient (Wildman–Crippen LogP) is 2.05. The smallest absolute Gasteiger partial charge is 0.410 e. The molecule has 0 aromatic carbocycles. The van der Waals surface area contributed by atoms with Crippen LogP contribution < -0.4 is 0 Å². The molecule has 5 nitrogen and oxygen atoms in total. The van der Waals surface area contributed by atoms with Crippen molar-refractivity contribution in [2.75, 3.05) is 19.6 Å². The van der Waals surface area contributed by atoms with E-state index >= 15 is 0 Å². The fraction of sp³-hybridized carbons (Fsp3) is 0.867. The molecule has 1 amide bonds. The summed E-state index contributed by atoms with van der Waals surface area (Å²) in [6.07, 6.45) is 5.51. The monoisotopic (exact) mass is 282 g/mol. The molecule has 1 heterocycles. The molecule has 1 unspecified atom stereocenters. The number of carbonyl (C=O) groups is 2. The molecule has 2 fully saturated rings. The van der Waals surface area contributed by atoms with Gasteiger partial charge in [0, 0.05) is 25.7 Å². The highest BCUT2D eigenvalue weighted by molar-refractivity contribution is 5.74. The summed E-state index contributed by atoms with van der Waals surface area (Å²) in [5, 5.41) is 0. The van der Waals surface area contributed by atoms with Crippen LogP contribution in [0.1, 0.15) is 46.5 Å². The molecule has 20 heavy (non-hydrogen) atoms. The molecule has 0 aromatic heterocycles. The number of rotatable bonds is 2. The Bertz CT molecular complexity index is 359. The number of amides is 1. The summed E-state index contributed by atoms with van der Waals surface area (Å²) in [4.78, 5) is 27.4. The van der Waals surface area contributed by atoms with E-state index in [1.54, 1.807) is 4.90 Å². The van der Waals surface area contributed by atoms with E-state index in [0.29, 0.717) is 19.1 Å². The maximum Gasteiger partial charge on any atom is 0.410 e. The fourth-order valence-electron chi connectivity index (χ4n) is 3.10. The van der Waals surface area contributed by atoms with Gasteiger partial charge in [-0.1, -0.05) is 12.8 Å². The molecule has 0 spiro atoms. The molecule has 0 bridgehead atoms. The molecule has 1 saturated heterocycles. The Morgan fingerprint density at radius 1 is 1.20 bits per heavy atom. The molecule has 1 aliphatic heterocycles. The number of ether oxygens (including phenoxy) is 1. The summed E-state index contributed by atoms with van der Waals surface area (Å²) in [6, 6.07) is 0.220. The van der Waals surface area contributed by atoms with Gasteiger partial charge >= 0.3 is 6.09 Å². The van der Waals surface area contributed by atoms with E-state index in [9.17, 15) is 9.59 Å². The van der Waals surface area contributed by atoms with E-state index in [4.69, 9.17) is 4.74 Å². The van der Waals surface area contributed by atoms with Crippen molar-refractivity contribution in [3.05, 3.63) is 0 Å². The topological polar surface area (TPSA) is 49.9 Å². The van der Waals surface area contributed by atoms with Gasteiger partial charge in [0.15, 0.2) is 0 Å². The minimum absolute atomic E-state index is 0.374. The average molecular weight is 282 g/mol. The van der Waals surface area contributed by atoms with E-state index in [0.717, 1.165) is 12.8 Å². The summed E-state index contributed by atoms with van der Waals surface area (Å²) in [7, 11) is 0. The van der Waals surface area contributed by atoms with Crippen LogP contribution in [0.5, 0.6) is 0 Å². The molecule has 2 rings (SSSR count). The maximum atomic E-state index is 12.1. The SMILES string of the molecule is CC(C)(C)OC(=O)N1CCN(C2CCCC2)CC1C=O. The predicted molar refractivity (Wildman–Crippen MR) is 76.6 cm³/mol. The van der Waals surface area contributed by atoms with Gasteiger partial charge in [0.1, 0.15) is 17.9 Å². The summed E-state index contributed by atoms with van der Waals surface area (Å²) < 4.78 is 5.38. The number of hydrogen-bond donors (Lipinski definition) is 0. The lowest BCUT2D eigenvalue weighted by atomic mass is 10.1. The quantitative estimate of drug-likeness (QED) is 0.727. The molecular weight excluding hydrogens is 256 g/mol. The van der Waals surface area contributed by atoms with Gasteiger partial charge in [0.2, 0.25) is 0 Å². The highest BCUT2D eigenvalue weighted by atomic mass is 16.6. The van der Waals surface area contributed by atoms with Crippen LogP contribution in [0.2, 0.25) is 0 Å². The maximum absolute atomic E-state index is 12.1. The standard InChI is InChI=1S/C15H26N2O3/c1-15(2,3)20-14(19)17-9-8-16(10-13(17)11-18)12-6-4-5-7-12/h11-13H,4-10H2,1-3H3. The molecule has 1 aliphatic carbocycles. The molecule has 114 valence electrons. The molecule has 0 N–H and O–H groups in total. The van der Waals surface area contributed by atoms with Crippen molar-refractivity contribution >= 4 is 12.4 Å². The van der Waals surface area contributed by atoms with Gasteiger partial charge in [-0.2, -0.15) is 0 Å². The second kappa shape index (κ2) is 6.12. The van der Waals surface area contributed by atoms with E-state index in [1.807, 2.05) is 20.8 Å². The van der Waals surface area contributed by atoms with Gasteiger partial charge in [-0.25, -0.2) is 4.79 Å². The molecular formula is C15H26N2O3. The second-order valence-corrected chi connectivity index (χ2v) is 6.81. The van der Waals surface area contributed by atoms with Crippen LogP contribution in [0.4, 0.5) is 4.79 Å². The van der Waals surface area contributed by atoms with Crippen molar-refractivity contribution in [3.8, 4) is 0 Å². The summed E-state index contributed by atoms with van der Waals surface area (Å²) in [5.74, 6) is 0. The van der Waals surface area contributed by atoms with Crippen molar-refractivity contribution in [1.29, 1.82) is 0 Å². The first-order chi connectivity index (χ1) is 9.40. The van der Waals surface area contributed by atoms with Crippen LogP contribution in [0.15, 0.2) is 0 Å². The zero-order valence-electron chi connectivity index (χ0n) is 12.8. The molecule has 1 saturated carbocycles. The Kier molecular flexibility index (Phi) is 4.68. The van der Waals surface area contributed by atoms with Crippen LogP contribution in [-0.4, -0.2) is 59.5 Å². The minimum Gasteiger partial charge on any atom is -0.444 e. The van der Waals surface area contributed by atoms with Crippen LogP contribution in [-0.2, 0) is 9.53 Å². The van der Waals surface area contributed by atoms with E-state index in [-0.39, 0.29) is 12.1 Å². The molecule has 1 atom stereocenters. The number of hydrogen-bond acceptors (Lipinski definition) is 4. The van der Waals surface area contributed by atoms with Gasteiger partial charge < -0.3 is 9.53 Å². The Hall–Kier alpha value is -1.10. The highest BCUT2D eigenvalue weighted by Crippen LogP contribution is 2.26. The lowest BCUT2D eigenvalue weighted by Gasteiger charge is -2.41. The first-order valence-electron chi connectivity index (χ1n) is 7.59. The third-order valence-corrected chi connectivity index (χ3v) is 4.08. The number of piperazine rings is 1. The minimum atomic E-state index is -0.521. The molecule has 5 heteroatoms. The van der Waals surface area contributed by atoms with Gasteiger partial charge in [-0.15, -0.1) is 0 Å². The third kappa shape index (κ3) is 3.72. The Labute approximate surface area is 121 Å². The first-order valence-corrected chi connectivity index (χ1v) is 7.59. The summed E-state index contributed by atoms with van der Waals surface area (Å²) in [6.45, 7) is 7.59. The van der Waals surface area contributed by atoms with Gasteiger partial charge in [0.05, 0.1) is 0 Å². The average Bonchev–Trinajstić information content (AvgIpc) is 2.89. The zero-order valence-corrected chi connectivity index (χ0v) is 12.8. The third-order valence-electron chi connectivity index (χ3n) is 4.08. The summed E-state index contributed by atoms with van der Waals surface area (Å²) >= 11 is 0. The van der Waals surface area contributed by atoms with E-state index in [1.165, 1.54) is 25.7 Å². The Morgan fingerprint density at radius 2 is 1.85 bits per heavy atom. The van der Waals surface area contributed by atoms with Gasteiger partial charge in [0.25, 0.3) is 0 Å². The van der Waals surface area contributed by atoms with Gasteiger partial charge in [-0.3, -0.25) is 9.80 Å². The van der Waals surface area contributed by atoms with Crippen LogP contribution in [0.3, 0.4) is 0 Å². The Morgan fingerprint density at radius 3 is 2.40 bits per heavy atom. The molecule has 2 aliphatic rings. The number of carbonyl (C=O) groups excluding carboxylic acids is 2. The number of nitrogens with zero attached hydrogens (tertiary/aromatic N) is 2. The van der Waals surface area contributed by atoms with Crippen molar-refractivity contribution in [2.45, 2.75) is 64.1 Å². The van der Waals surface area contributed by atoms with Crippen LogP contribution in [0.25, 0.3) is 0 Å². The second-order valence-electron chi connectivity index (χ2n) is 6.81. The first kappa shape index (κ1) is 15.3. The molecule has 0 aromatic rings. The Balaban J connectivity index is 1.95. The highest BCUT2D eigenvalue weighted by Gasteiger charge is 2.35. The fourth-order valence-corrected chi connectivity index (χ4v) is 3.10. The zero-order chi connectivity index (χ0) is 14.8. The summed E-state index contributed by atoms with van der Waals surface area (Å²) in [5.41, 5.74) is -0.521. The lowest BCUT2D eigenvalue weighted by Crippen LogP contribution is -2.58. The lowest BCUT2D eigenvalue weighted by molar-refractivity contribution is -0.115. The van der Waals surface area contributed by atoms with Crippen molar-refractivity contribution in [2.24, 2.45) is 0 Å². The van der Waals surface area contributed by atoms with Crippen LogP contribution in [0, 0.1) is 0 Å². The largest absolute Gasteiger partial charge is 0.444 e. The van der Waals surface area contributed by atoms with Crippen molar-refractivity contribution in [3.63, 3.8) is 0 Å². The molecule has 0 radical (unpaired) electrons. The van der Waals surface area contributed by atoms with Crippen molar-refractivity contribution < 1.29 is 14.3 Å².